The Morgan fingerprint density at radius 2 is 2.24 bits per heavy atom. The first-order valence-corrected chi connectivity index (χ1v) is 6.73. The third-order valence-corrected chi connectivity index (χ3v) is 3.64. The Balaban J connectivity index is 2.32. The summed E-state index contributed by atoms with van der Waals surface area (Å²) in [4.78, 5) is 10.8. The van der Waals surface area contributed by atoms with Crippen LogP contribution in [0.15, 0.2) is 24.3 Å². The van der Waals surface area contributed by atoms with Gasteiger partial charge in [0.2, 0.25) is 0 Å². The fourth-order valence-corrected chi connectivity index (χ4v) is 2.51. The van der Waals surface area contributed by atoms with Gasteiger partial charge in [0.05, 0.1) is 0 Å². The van der Waals surface area contributed by atoms with E-state index < -0.39 is 11.5 Å². The van der Waals surface area contributed by atoms with Crippen LogP contribution in [0.25, 0.3) is 0 Å². The second-order valence-corrected chi connectivity index (χ2v) is 5.62. The molecule has 0 aliphatic heterocycles. The first-order chi connectivity index (χ1) is 7.92. The third kappa shape index (κ3) is 4.79. The van der Waals surface area contributed by atoms with Crippen molar-refractivity contribution in [3.63, 3.8) is 0 Å². The van der Waals surface area contributed by atoms with Gasteiger partial charge in [0.15, 0.2) is 0 Å². The molecule has 0 heterocycles. The molecule has 0 radical (unpaired) electrons. The molecule has 1 aromatic carbocycles. The van der Waals surface area contributed by atoms with E-state index in [2.05, 4.69) is 25.1 Å². The number of carboxylic acid groups (broad SMARTS) is 1. The normalized spacial score (nSPS) is 14.3. The predicted octanol–water partition coefficient (Wildman–Crippen LogP) is 2.42. The number of aryl methyl sites for hydroxylation is 1. The molecule has 0 aliphatic carbocycles. The Morgan fingerprint density at radius 3 is 2.82 bits per heavy atom. The van der Waals surface area contributed by atoms with Crippen LogP contribution < -0.4 is 5.73 Å². The molecule has 1 unspecified atom stereocenters. The molecule has 0 saturated heterocycles. The number of thioether (sulfide) groups is 1. The summed E-state index contributed by atoms with van der Waals surface area (Å²) >= 11 is 1.72. The van der Waals surface area contributed by atoms with E-state index in [9.17, 15) is 4.79 Å². The zero-order valence-corrected chi connectivity index (χ0v) is 11.1. The number of carboxylic acids is 1. The fraction of sp³-hybridized carbons (Fsp3) is 0.462. The van der Waals surface area contributed by atoms with Crippen LogP contribution in [0.2, 0.25) is 0 Å². The van der Waals surface area contributed by atoms with Crippen molar-refractivity contribution in [1.29, 1.82) is 0 Å². The zero-order valence-electron chi connectivity index (χ0n) is 10.3. The lowest BCUT2D eigenvalue weighted by molar-refractivity contribution is -0.142. The molecule has 0 spiro atoms. The van der Waals surface area contributed by atoms with Crippen molar-refractivity contribution in [3.8, 4) is 0 Å². The average Bonchev–Trinajstić information content (AvgIpc) is 2.24. The minimum Gasteiger partial charge on any atom is -0.480 e. The van der Waals surface area contributed by atoms with Crippen molar-refractivity contribution >= 4 is 17.7 Å². The molecule has 94 valence electrons. The molecule has 0 aliphatic rings. The van der Waals surface area contributed by atoms with Crippen molar-refractivity contribution in [3.05, 3.63) is 35.4 Å². The van der Waals surface area contributed by atoms with Gasteiger partial charge in [-0.15, -0.1) is 0 Å². The Bertz CT molecular complexity index is 391. The van der Waals surface area contributed by atoms with Gasteiger partial charge in [-0.05, 0) is 31.6 Å². The number of benzene rings is 1. The molecule has 0 bridgehead atoms. The summed E-state index contributed by atoms with van der Waals surface area (Å²) in [6, 6.07) is 8.33. The van der Waals surface area contributed by atoms with E-state index >= 15 is 0 Å². The van der Waals surface area contributed by atoms with E-state index in [-0.39, 0.29) is 0 Å². The first-order valence-electron chi connectivity index (χ1n) is 5.57. The summed E-state index contributed by atoms with van der Waals surface area (Å²) in [7, 11) is 0. The van der Waals surface area contributed by atoms with Crippen LogP contribution in [0.1, 0.15) is 24.5 Å². The average molecular weight is 253 g/mol. The summed E-state index contributed by atoms with van der Waals surface area (Å²) in [5, 5.41) is 8.86. The minimum atomic E-state index is -1.11. The van der Waals surface area contributed by atoms with Crippen molar-refractivity contribution < 1.29 is 9.90 Å². The van der Waals surface area contributed by atoms with Crippen LogP contribution in [-0.2, 0) is 10.5 Å². The quantitative estimate of drug-likeness (QED) is 0.764. The smallest absolute Gasteiger partial charge is 0.323 e. The third-order valence-electron chi connectivity index (χ3n) is 2.61. The van der Waals surface area contributed by atoms with E-state index in [1.165, 1.54) is 11.1 Å². The van der Waals surface area contributed by atoms with Gasteiger partial charge in [0.1, 0.15) is 5.54 Å². The molecule has 1 atom stereocenters. The van der Waals surface area contributed by atoms with Crippen molar-refractivity contribution in [1.82, 2.24) is 0 Å². The minimum absolute atomic E-state index is 0.485. The maximum Gasteiger partial charge on any atom is 0.323 e. The maximum absolute atomic E-state index is 10.8. The predicted molar refractivity (Wildman–Crippen MR) is 72.2 cm³/mol. The highest BCUT2D eigenvalue weighted by molar-refractivity contribution is 7.98. The molecule has 0 fully saturated rings. The van der Waals surface area contributed by atoms with E-state index in [4.69, 9.17) is 10.8 Å². The summed E-state index contributed by atoms with van der Waals surface area (Å²) in [6.45, 7) is 3.62. The van der Waals surface area contributed by atoms with Gasteiger partial charge in [0, 0.05) is 5.75 Å². The molecule has 1 aromatic rings. The number of hydrogen-bond donors (Lipinski definition) is 2. The van der Waals surface area contributed by atoms with E-state index in [1.54, 1.807) is 18.7 Å². The molecule has 0 amide bonds. The monoisotopic (exact) mass is 253 g/mol. The van der Waals surface area contributed by atoms with E-state index in [1.807, 2.05) is 6.07 Å². The van der Waals surface area contributed by atoms with Crippen LogP contribution in [0, 0.1) is 6.92 Å². The molecule has 17 heavy (non-hydrogen) atoms. The molecule has 0 saturated carbocycles. The number of nitrogens with two attached hydrogens (primary N) is 1. The largest absolute Gasteiger partial charge is 0.480 e. The second-order valence-electron chi connectivity index (χ2n) is 4.51. The lowest BCUT2D eigenvalue weighted by atomic mass is 10.0. The SMILES string of the molecule is Cc1cccc(CSCCC(C)(N)C(=O)O)c1. The topological polar surface area (TPSA) is 63.3 Å². The first kappa shape index (κ1) is 14.1. The Kier molecular flexibility index (Phi) is 5.02. The summed E-state index contributed by atoms with van der Waals surface area (Å²) < 4.78 is 0. The van der Waals surface area contributed by atoms with Gasteiger partial charge in [-0.3, -0.25) is 4.79 Å². The Hall–Kier alpha value is -1.00. The molecule has 4 heteroatoms. The standard InChI is InChI=1S/C13H19NO2S/c1-10-4-3-5-11(8-10)9-17-7-6-13(2,14)12(15)16/h3-5,8H,6-7,9,14H2,1-2H3,(H,15,16). The van der Waals surface area contributed by atoms with Crippen LogP contribution >= 0.6 is 11.8 Å². The fourth-order valence-electron chi connectivity index (χ4n) is 1.38. The van der Waals surface area contributed by atoms with Gasteiger partial charge < -0.3 is 10.8 Å². The van der Waals surface area contributed by atoms with Crippen LogP contribution in [0.4, 0.5) is 0 Å². The van der Waals surface area contributed by atoms with Gasteiger partial charge >= 0.3 is 5.97 Å². The van der Waals surface area contributed by atoms with Gasteiger partial charge in [0.25, 0.3) is 0 Å². The lowest BCUT2D eigenvalue weighted by Gasteiger charge is -2.18. The highest BCUT2D eigenvalue weighted by Gasteiger charge is 2.26. The summed E-state index contributed by atoms with van der Waals surface area (Å²) in [5.74, 6) is 0.721. The number of carbonyl (C=O) groups is 1. The van der Waals surface area contributed by atoms with Crippen molar-refractivity contribution in [2.24, 2.45) is 5.73 Å². The zero-order chi connectivity index (χ0) is 12.9. The lowest BCUT2D eigenvalue weighted by Crippen LogP contribution is -2.45. The number of hydrogen-bond acceptors (Lipinski definition) is 3. The molecular weight excluding hydrogens is 234 g/mol. The summed E-state index contributed by atoms with van der Waals surface area (Å²) in [6.07, 6.45) is 0.485. The van der Waals surface area contributed by atoms with Gasteiger partial charge in [-0.25, -0.2) is 0 Å². The molecule has 3 nitrogen and oxygen atoms in total. The molecule has 0 aromatic heterocycles. The maximum atomic E-state index is 10.8. The highest BCUT2D eigenvalue weighted by atomic mass is 32.2. The van der Waals surface area contributed by atoms with Crippen LogP contribution in [-0.4, -0.2) is 22.4 Å². The van der Waals surface area contributed by atoms with Crippen molar-refractivity contribution in [2.45, 2.75) is 31.6 Å². The molecular formula is C13H19NO2S. The highest BCUT2D eigenvalue weighted by Crippen LogP contribution is 2.17. The van der Waals surface area contributed by atoms with E-state index in [0.717, 1.165) is 11.5 Å². The Morgan fingerprint density at radius 1 is 1.53 bits per heavy atom. The van der Waals surface area contributed by atoms with E-state index in [0.29, 0.717) is 6.42 Å². The number of aliphatic carboxylic acids is 1. The molecule has 3 N–H and O–H groups in total. The second kappa shape index (κ2) is 6.07. The van der Waals surface area contributed by atoms with Crippen LogP contribution in [0.5, 0.6) is 0 Å². The van der Waals surface area contributed by atoms with Crippen LogP contribution in [0.3, 0.4) is 0 Å². The van der Waals surface area contributed by atoms with Gasteiger partial charge in [-0.1, -0.05) is 29.8 Å². The summed E-state index contributed by atoms with van der Waals surface area (Å²) in [5.41, 5.74) is 7.05. The number of rotatable bonds is 6. The van der Waals surface area contributed by atoms with Gasteiger partial charge in [-0.2, -0.15) is 11.8 Å². The van der Waals surface area contributed by atoms with Crippen molar-refractivity contribution in [2.75, 3.05) is 5.75 Å². The Labute approximate surface area is 106 Å². The molecule has 1 rings (SSSR count).